The number of aryl methyl sites for hydroxylation is 2. The third-order valence-electron chi connectivity index (χ3n) is 4.38. The van der Waals surface area contributed by atoms with Gasteiger partial charge in [-0.1, -0.05) is 30.3 Å². The lowest BCUT2D eigenvalue weighted by Crippen LogP contribution is -2.14. The molecule has 0 aliphatic carbocycles. The summed E-state index contributed by atoms with van der Waals surface area (Å²) < 4.78 is 33.4. The zero-order chi connectivity index (χ0) is 20.3. The Labute approximate surface area is 164 Å². The van der Waals surface area contributed by atoms with Gasteiger partial charge < -0.3 is 4.74 Å². The summed E-state index contributed by atoms with van der Waals surface area (Å²) >= 11 is 0. The van der Waals surface area contributed by atoms with E-state index in [9.17, 15) is 13.7 Å². The van der Waals surface area contributed by atoms with Crippen LogP contribution in [0.15, 0.2) is 59.5 Å². The summed E-state index contributed by atoms with van der Waals surface area (Å²) in [4.78, 5) is 4.53. The largest absolute Gasteiger partial charge is 0.480 e. The van der Waals surface area contributed by atoms with Gasteiger partial charge in [0.2, 0.25) is 5.88 Å². The molecule has 0 fully saturated rings. The van der Waals surface area contributed by atoms with Gasteiger partial charge in [-0.15, -0.1) is 0 Å². The SMILES string of the molecule is COc1nc(-c2ccc(C)c(C)c2)c(NS(=O)(=O)c2ccccc2)cc1C#N. The molecule has 0 saturated heterocycles. The average molecular weight is 393 g/mol. The Morgan fingerprint density at radius 1 is 1.04 bits per heavy atom. The zero-order valence-corrected chi connectivity index (χ0v) is 16.5. The molecule has 0 bridgehead atoms. The van der Waals surface area contributed by atoms with Crippen molar-refractivity contribution in [3.05, 3.63) is 71.3 Å². The first-order valence-electron chi connectivity index (χ1n) is 8.50. The number of nitriles is 1. The highest BCUT2D eigenvalue weighted by Gasteiger charge is 2.20. The van der Waals surface area contributed by atoms with Crippen LogP contribution in [-0.2, 0) is 10.0 Å². The molecule has 28 heavy (non-hydrogen) atoms. The van der Waals surface area contributed by atoms with Gasteiger partial charge in [0.15, 0.2) is 0 Å². The predicted octanol–water partition coefficient (Wildman–Crippen LogP) is 4.05. The molecule has 0 aliphatic rings. The maximum atomic E-state index is 12.8. The number of rotatable bonds is 5. The fraction of sp³-hybridized carbons (Fsp3) is 0.143. The van der Waals surface area contributed by atoms with Crippen LogP contribution in [0.3, 0.4) is 0 Å². The molecule has 1 aromatic heterocycles. The number of benzene rings is 2. The van der Waals surface area contributed by atoms with Gasteiger partial charge >= 0.3 is 0 Å². The third kappa shape index (κ3) is 3.82. The van der Waals surface area contributed by atoms with Crippen LogP contribution in [-0.4, -0.2) is 20.5 Å². The van der Waals surface area contributed by atoms with E-state index >= 15 is 0 Å². The predicted molar refractivity (Wildman–Crippen MR) is 108 cm³/mol. The summed E-state index contributed by atoms with van der Waals surface area (Å²) in [6.45, 7) is 3.96. The minimum atomic E-state index is -3.85. The molecule has 1 N–H and O–H groups in total. The van der Waals surface area contributed by atoms with Gasteiger partial charge in [-0.25, -0.2) is 13.4 Å². The van der Waals surface area contributed by atoms with Crippen molar-refractivity contribution in [2.24, 2.45) is 0 Å². The Hall–Kier alpha value is -3.37. The lowest BCUT2D eigenvalue weighted by molar-refractivity contribution is 0.397. The van der Waals surface area contributed by atoms with E-state index < -0.39 is 10.0 Å². The van der Waals surface area contributed by atoms with Crippen molar-refractivity contribution >= 4 is 15.7 Å². The Bertz CT molecular complexity index is 1170. The molecule has 7 heteroatoms. The number of methoxy groups -OCH3 is 1. The summed E-state index contributed by atoms with van der Waals surface area (Å²) in [5.41, 5.74) is 3.61. The normalized spacial score (nSPS) is 10.9. The van der Waals surface area contributed by atoms with E-state index in [1.807, 2.05) is 38.1 Å². The molecular weight excluding hydrogens is 374 g/mol. The Morgan fingerprint density at radius 3 is 2.36 bits per heavy atom. The molecule has 0 radical (unpaired) electrons. The second-order valence-electron chi connectivity index (χ2n) is 6.27. The summed E-state index contributed by atoms with van der Waals surface area (Å²) in [5.74, 6) is 0.137. The molecule has 0 atom stereocenters. The number of nitrogens with zero attached hydrogens (tertiary/aromatic N) is 2. The summed E-state index contributed by atoms with van der Waals surface area (Å²) in [6.07, 6.45) is 0. The van der Waals surface area contributed by atoms with Crippen LogP contribution in [0.1, 0.15) is 16.7 Å². The van der Waals surface area contributed by atoms with Crippen molar-refractivity contribution in [3.8, 4) is 23.2 Å². The number of hydrogen-bond donors (Lipinski definition) is 1. The Morgan fingerprint density at radius 2 is 1.75 bits per heavy atom. The number of sulfonamides is 1. The fourth-order valence-electron chi connectivity index (χ4n) is 2.72. The molecule has 3 aromatic rings. The van der Waals surface area contributed by atoms with Crippen molar-refractivity contribution in [2.75, 3.05) is 11.8 Å². The van der Waals surface area contributed by atoms with Crippen molar-refractivity contribution < 1.29 is 13.2 Å². The molecule has 1 heterocycles. The zero-order valence-electron chi connectivity index (χ0n) is 15.7. The van der Waals surface area contributed by atoms with Gasteiger partial charge in [-0.3, -0.25) is 4.72 Å². The van der Waals surface area contributed by atoms with Crippen LogP contribution in [0, 0.1) is 25.2 Å². The summed E-state index contributed by atoms with van der Waals surface area (Å²) in [6, 6.07) is 17.2. The highest BCUT2D eigenvalue weighted by Crippen LogP contribution is 2.33. The van der Waals surface area contributed by atoms with Crippen molar-refractivity contribution in [1.29, 1.82) is 5.26 Å². The van der Waals surface area contributed by atoms with E-state index in [0.717, 1.165) is 16.7 Å². The van der Waals surface area contributed by atoms with Gasteiger partial charge in [0.1, 0.15) is 11.6 Å². The van der Waals surface area contributed by atoms with Crippen molar-refractivity contribution in [2.45, 2.75) is 18.7 Å². The summed E-state index contributed by atoms with van der Waals surface area (Å²) in [7, 11) is -2.43. The van der Waals surface area contributed by atoms with E-state index in [1.165, 1.54) is 25.3 Å². The molecule has 0 unspecified atom stereocenters. The fourth-order valence-corrected chi connectivity index (χ4v) is 3.80. The van der Waals surface area contributed by atoms with Gasteiger partial charge in [0.25, 0.3) is 10.0 Å². The van der Waals surface area contributed by atoms with Crippen LogP contribution < -0.4 is 9.46 Å². The number of anilines is 1. The molecule has 0 aliphatic heterocycles. The minimum Gasteiger partial charge on any atom is -0.480 e. The number of pyridine rings is 1. The quantitative estimate of drug-likeness (QED) is 0.706. The van der Waals surface area contributed by atoms with E-state index in [2.05, 4.69) is 9.71 Å². The highest BCUT2D eigenvalue weighted by atomic mass is 32.2. The molecule has 0 saturated carbocycles. The number of ether oxygens (including phenoxy) is 1. The monoisotopic (exact) mass is 393 g/mol. The summed E-state index contributed by atoms with van der Waals surface area (Å²) in [5, 5.41) is 9.38. The lowest BCUT2D eigenvalue weighted by atomic mass is 10.0. The molecular formula is C21H19N3O3S. The first kappa shape index (κ1) is 19.4. The smallest absolute Gasteiger partial charge is 0.261 e. The molecule has 0 amide bonds. The minimum absolute atomic E-state index is 0.121. The topological polar surface area (TPSA) is 92.1 Å². The van der Waals surface area contributed by atoms with Crippen LogP contribution in [0.5, 0.6) is 5.88 Å². The number of hydrogen-bond acceptors (Lipinski definition) is 5. The standard InChI is InChI=1S/C21H19N3O3S/c1-14-9-10-16(11-15(14)2)20-19(12-17(13-22)21(23-20)27-3)24-28(25,26)18-7-5-4-6-8-18/h4-12,24H,1-3H3. The molecule has 2 aromatic carbocycles. The van der Waals surface area contributed by atoms with Crippen molar-refractivity contribution in [3.63, 3.8) is 0 Å². The average Bonchev–Trinajstić information content (AvgIpc) is 2.70. The van der Waals surface area contributed by atoms with Gasteiger partial charge in [0, 0.05) is 5.56 Å². The number of aromatic nitrogens is 1. The van der Waals surface area contributed by atoms with Crippen molar-refractivity contribution in [1.82, 2.24) is 4.98 Å². The highest BCUT2D eigenvalue weighted by molar-refractivity contribution is 7.92. The number of nitrogens with one attached hydrogen (secondary N) is 1. The van der Waals surface area contributed by atoms with Crippen LogP contribution in [0.4, 0.5) is 5.69 Å². The van der Waals surface area contributed by atoms with Gasteiger partial charge in [-0.05, 0) is 49.2 Å². The van der Waals surface area contributed by atoms with E-state index in [0.29, 0.717) is 5.69 Å². The van der Waals surface area contributed by atoms with E-state index in [4.69, 9.17) is 4.74 Å². The third-order valence-corrected chi connectivity index (χ3v) is 5.76. The molecule has 6 nitrogen and oxygen atoms in total. The lowest BCUT2D eigenvalue weighted by Gasteiger charge is -2.15. The molecule has 3 rings (SSSR count). The van der Waals surface area contributed by atoms with Crippen LogP contribution >= 0.6 is 0 Å². The van der Waals surface area contributed by atoms with E-state index in [1.54, 1.807) is 18.2 Å². The first-order chi connectivity index (χ1) is 13.4. The Kier molecular flexibility index (Phi) is 5.34. The maximum absolute atomic E-state index is 12.8. The van der Waals surface area contributed by atoms with Gasteiger partial charge in [0.05, 0.1) is 23.4 Å². The Balaban J connectivity index is 2.19. The second-order valence-corrected chi connectivity index (χ2v) is 7.95. The van der Waals surface area contributed by atoms with Gasteiger partial charge in [-0.2, -0.15) is 5.26 Å². The first-order valence-corrected chi connectivity index (χ1v) is 9.98. The maximum Gasteiger partial charge on any atom is 0.261 e. The van der Waals surface area contributed by atoms with Crippen LogP contribution in [0.25, 0.3) is 11.3 Å². The van der Waals surface area contributed by atoms with Crippen LogP contribution in [0.2, 0.25) is 0 Å². The molecule has 0 spiro atoms. The molecule has 142 valence electrons. The van der Waals surface area contributed by atoms with E-state index in [-0.39, 0.29) is 22.0 Å². The second kappa shape index (κ2) is 7.71.